The van der Waals surface area contributed by atoms with E-state index >= 15 is 0 Å². The maximum Gasteiger partial charge on any atom is 0.308 e. The second kappa shape index (κ2) is 4.28. The van der Waals surface area contributed by atoms with Crippen molar-refractivity contribution in [3.8, 4) is 0 Å². The molecule has 15 heavy (non-hydrogen) atoms. The van der Waals surface area contributed by atoms with Crippen molar-refractivity contribution in [1.82, 2.24) is 9.88 Å². The molecule has 0 amide bonds. The second-order valence-corrected chi connectivity index (χ2v) is 4.54. The lowest BCUT2D eigenvalue weighted by Crippen LogP contribution is -2.23. The van der Waals surface area contributed by atoms with Gasteiger partial charge in [-0.1, -0.05) is 6.92 Å². The fraction of sp³-hybridized carbons (Fsp3) is 0.600. The van der Waals surface area contributed by atoms with E-state index in [0.717, 1.165) is 18.8 Å². The molecule has 2 heterocycles. The highest BCUT2D eigenvalue weighted by atomic mass is 32.1. The van der Waals surface area contributed by atoms with Crippen LogP contribution < -0.4 is 0 Å². The Hall–Kier alpha value is -0.940. The lowest BCUT2D eigenvalue weighted by Gasteiger charge is -2.11. The standard InChI is InChI=1S/C10H14N2O2S/c1-2-12-3-7(8(4-12)10(13)14)9-5-15-6-11-9/h5-8H,2-4H2,1H3,(H,13,14)/t7-,8-/m0/s1. The molecule has 2 rings (SSSR count). The molecular weight excluding hydrogens is 212 g/mol. The van der Waals surface area contributed by atoms with Gasteiger partial charge in [-0.25, -0.2) is 4.98 Å². The van der Waals surface area contributed by atoms with Gasteiger partial charge in [0.2, 0.25) is 0 Å². The van der Waals surface area contributed by atoms with E-state index in [1.807, 2.05) is 5.38 Å². The first kappa shape index (κ1) is 10.6. The van der Waals surface area contributed by atoms with Crippen LogP contribution in [0.25, 0.3) is 0 Å². The smallest absolute Gasteiger partial charge is 0.308 e. The van der Waals surface area contributed by atoms with Gasteiger partial charge in [-0.05, 0) is 6.54 Å². The van der Waals surface area contributed by atoms with E-state index in [4.69, 9.17) is 5.11 Å². The monoisotopic (exact) mass is 226 g/mol. The molecule has 1 aliphatic rings. The number of carboxylic acid groups (broad SMARTS) is 1. The van der Waals surface area contributed by atoms with Crippen LogP contribution in [0, 0.1) is 5.92 Å². The van der Waals surface area contributed by atoms with Crippen molar-refractivity contribution < 1.29 is 9.90 Å². The van der Waals surface area contributed by atoms with Crippen molar-refractivity contribution >= 4 is 17.3 Å². The number of carboxylic acids is 1. The summed E-state index contributed by atoms with van der Waals surface area (Å²) in [5, 5.41) is 11.1. The Morgan fingerprint density at radius 2 is 2.53 bits per heavy atom. The predicted octanol–water partition coefficient (Wildman–Crippen LogP) is 1.26. The molecule has 0 bridgehead atoms. The van der Waals surface area contributed by atoms with E-state index in [2.05, 4.69) is 16.8 Å². The molecule has 82 valence electrons. The number of nitrogens with zero attached hydrogens (tertiary/aromatic N) is 2. The molecule has 2 atom stereocenters. The fourth-order valence-corrected chi connectivity index (χ4v) is 2.72. The van der Waals surface area contributed by atoms with Crippen molar-refractivity contribution in [2.45, 2.75) is 12.8 Å². The molecule has 4 nitrogen and oxygen atoms in total. The Morgan fingerprint density at radius 1 is 1.73 bits per heavy atom. The highest BCUT2D eigenvalue weighted by molar-refractivity contribution is 7.07. The van der Waals surface area contributed by atoms with Crippen molar-refractivity contribution in [2.24, 2.45) is 5.92 Å². The Bertz CT molecular complexity index is 339. The third kappa shape index (κ3) is 2.03. The molecule has 1 aliphatic heterocycles. The van der Waals surface area contributed by atoms with Crippen LogP contribution in [0.2, 0.25) is 0 Å². The van der Waals surface area contributed by atoms with E-state index in [1.165, 1.54) is 11.3 Å². The van der Waals surface area contributed by atoms with Crippen LogP contribution >= 0.6 is 11.3 Å². The Balaban J connectivity index is 2.19. The van der Waals surface area contributed by atoms with Gasteiger partial charge in [0, 0.05) is 24.4 Å². The normalized spacial score (nSPS) is 27.0. The first-order valence-electron chi connectivity index (χ1n) is 5.05. The molecule has 1 aromatic rings. The number of thiazole rings is 1. The Kier molecular flexibility index (Phi) is 3.02. The lowest BCUT2D eigenvalue weighted by molar-refractivity contribution is -0.141. The first-order chi connectivity index (χ1) is 7.22. The summed E-state index contributed by atoms with van der Waals surface area (Å²) in [6, 6.07) is 0. The predicted molar refractivity (Wildman–Crippen MR) is 58.1 cm³/mol. The van der Waals surface area contributed by atoms with Gasteiger partial charge < -0.3 is 10.0 Å². The van der Waals surface area contributed by atoms with E-state index in [1.54, 1.807) is 5.51 Å². The van der Waals surface area contributed by atoms with E-state index < -0.39 is 5.97 Å². The molecule has 1 N–H and O–H groups in total. The van der Waals surface area contributed by atoms with Crippen LogP contribution in [0.4, 0.5) is 0 Å². The minimum atomic E-state index is -0.705. The number of likely N-dealkylation sites (tertiary alicyclic amines) is 1. The number of rotatable bonds is 3. The number of aliphatic carboxylic acids is 1. The lowest BCUT2D eigenvalue weighted by atomic mass is 9.94. The molecule has 0 spiro atoms. The van der Waals surface area contributed by atoms with Gasteiger partial charge in [-0.15, -0.1) is 11.3 Å². The molecule has 0 saturated carbocycles. The minimum Gasteiger partial charge on any atom is -0.481 e. The maximum absolute atomic E-state index is 11.1. The number of hydrogen-bond acceptors (Lipinski definition) is 4. The van der Waals surface area contributed by atoms with Crippen molar-refractivity contribution in [1.29, 1.82) is 0 Å². The van der Waals surface area contributed by atoms with E-state index in [9.17, 15) is 4.79 Å². The summed E-state index contributed by atoms with van der Waals surface area (Å²) >= 11 is 1.53. The Morgan fingerprint density at radius 3 is 3.07 bits per heavy atom. The van der Waals surface area contributed by atoms with Crippen LogP contribution in [-0.2, 0) is 4.79 Å². The van der Waals surface area contributed by atoms with Gasteiger partial charge in [0.05, 0.1) is 17.1 Å². The van der Waals surface area contributed by atoms with Crippen molar-refractivity contribution in [3.05, 3.63) is 16.6 Å². The highest BCUT2D eigenvalue weighted by Gasteiger charge is 2.38. The molecule has 1 fully saturated rings. The van der Waals surface area contributed by atoms with Crippen LogP contribution in [-0.4, -0.2) is 40.6 Å². The summed E-state index contributed by atoms with van der Waals surface area (Å²) in [6.45, 7) is 4.43. The zero-order valence-corrected chi connectivity index (χ0v) is 9.41. The van der Waals surface area contributed by atoms with Gasteiger partial charge in [0.1, 0.15) is 0 Å². The summed E-state index contributed by atoms with van der Waals surface area (Å²) in [5.41, 5.74) is 2.70. The van der Waals surface area contributed by atoms with Gasteiger partial charge in [-0.3, -0.25) is 4.79 Å². The first-order valence-corrected chi connectivity index (χ1v) is 6.00. The summed E-state index contributed by atoms with van der Waals surface area (Å²) in [7, 11) is 0. The van der Waals surface area contributed by atoms with Crippen LogP contribution in [0.1, 0.15) is 18.5 Å². The molecule has 0 unspecified atom stereocenters. The topological polar surface area (TPSA) is 53.4 Å². The molecule has 0 aliphatic carbocycles. The van der Waals surface area contributed by atoms with Crippen molar-refractivity contribution in [3.63, 3.8) is 0 Å². The maximum atomic E-state index is 11.1. The quantitative estimate of drug-likeness (QED) is 0.843. The molecular formula is C10H14N2O2S. The second-order valence-electron chi connectivity index (χ2n) is 3.82. The molecule has 1 saturated heterocycles. The van der Waals surface area contributed by atoms with Gasteiger partial charge in [-0.2, -0.15) is 0 Å². The summed E-state index contributed by atoms with van der Waals surface area (Å²) < 4.78 is 0. The third-order valence-corrected chi connectivity index (χ3v) is 3.60. The number of aromatic nitrogens is 1. The zero-order valence-electron chi connectivity index (χ0n) is 8.59. The average Bonchev–Trinajstić information content (AvgIpc) is 2.86. The van der Waals surface area contributed by atoms with E-state index in [-0.39, 0.29) is 11.8 Å². The molecule has 0 radical (unpaired) electrons. The van der Waals surface area contributed by atoms with Gasteiger partial charge >= 0.3 is 5.97 Å². The largest absolute Gasteiger partial charge is 0.481 e. The number of hydrogen-bond donors (Lipinski definition) is 1. The molecule has 1 aromatic heterocycles. The highest BCUT2D eigenvalue weighted by Crippen LogP contribution is 2.32. The van der Waals surface area contributed by atoms with Gasteiger partial charge in [0.25, 0.3) is 0 Å². The number of carbonyl (C=O) groups is 1. The number of likely N-dealkylation sites (N-methyl/N-ethyl adjacent to an activating group) is 1. The minimum absolute atomic E-state index is 0.0636. The summed E-state index contributed by atoms with van der Waals surface area (Å²) in [6.07, 6.45) is 0. The van der Waals surface area contributed by atoms with Gasteiger partial charge in [0.15, 0.2) is 0 Å². The van der Waals surface area contributed by atoms with Crippen LogP contribution in [0.5, 0.6) is 0 Å². The fourth-order valence-electron chi connectivity index (χ4n) is 2.10. The van der Waals surface area contributed by atoms with Crippen molar-refractivity contribution in [2.75, 3.05) is 19.6 Å². The SMILES string of the molecule is CCN1C[C@H](C(=O)O)[C@@H](c2cscn2)C1. The third-order valence-electron chi connectivity index (χ3n) is 2.99. The summed E-state index contributed by atoms with van der Waals surface area (Å²) in [4.78, 5) is 17.5. The van der Waals surface area contributed by atoms with E-state index in [0.29, 0.717) is 6.54 Å². The Labute approximate surface area is 92.6 Å². The molecule has 0 aromatic carbocycles. The molecule has 5 heteroatoms. The summed E-state index contributed by atoms with van der Waals surface area (Å²) in [5.74, 6) is -0.940. The van der Waals surface area contributed by atoms with Crippen LogP contribution in [0.15, 0.2) is 10.9 Å². The average molecular weight is 226 g/mol. The zero-order chi connectivity index (χ0) is 10.8. The van der Waals surface area contributed by atoms with Crippen LogP contribution in [0.3, 0.4) is 0 Å².